The zero-order valence-corrected chi connectivity index (χ0v) is 5.20. The summed E-state index contributed by atoms with van der Waals surface area (Å²) in [6.45, 7) is 0. The fourth-order valence-electron chi connectivity index (χ4n) is 0.290. The molecule has 0 aromatic heterocycles. The molecule has 0 radical (unpaired) electrons. The zero-order chi connectivity index (χ0) is 6.15. The van der Waals surface area contributed by atoms with Crippen molar-refractivity contribution < 1.29 is 9.32 Å². The summed E-state index contributed by atoms with van der Waals surface area (Å²) in [7, 11) is 3.26. The Balaban J connectivity index is 2.66. The molecule has 0 spiro atoms. The van der Waals surface area contributed by atoms with Crippen molar-refractivity contribution in [1.29, 1.82) is 0 Å². The van der Waals surface area contributed by atoms with E-state index in [4.69, 9.17) is 10.7 Å². The van der Waals surface area contributed by atoms with E-state index >= 15 is 0 Å². The van der Waals surface area contributed by atoms with Crippen molar-refractivity contribution in [3.8, 4) is 0 Å². The summed E-state index contributed by atoms with van der Waals surface area (Å²) in [5.74, 6) is -0.335. The van der Waals surface area contributed by atoms with Gasteiger partial charge in [0.15, 0.2) is 10.0 Å². The SMILES string of the molecule is O=S(Cl)C1=NC=C1[O-]. The molecule has 0 saturated carbocycles. The van der Waals surface area contributed by atoms with Gasteiger partial charge in [-0.25, -0.2) is 9.20 Å². The van der Waals surface area contributed by atoms with Gasteiger partial charge in [-0.05, 0) is 10.7 Å². The third kappa shape index (κ3) is 0.763. The fraction of sp³-hybridized carbons (Fsp3) is 0. The number of aliphatic imine (C=N–C) groups is 1. The van der Waals surface area contributed by atoms with Gasteiger partial charge in [0.05, 0.1) is 0 Å². The van der Waals surface area contributed by atoms with E-state index < -0.39 is 10.0 Å². The van der Waals surface area contributed by atoms with Crippen molar-refractivity contribution in [1.82, 2.24) is 0 Å². The molecule has 1 rings (SSSR count). The van der Waals surface area contributed by atoms with Gasteiger partial charge in [-0.2, -0.15) is 0 Å². The number of rotatable bonds is 0. The van der Waals surface area contributed by atoms with Crippen LogP contribution in [-0.4, -0.2) is 9.25 Å². The maximum Gasteiger partial charge on any atom is 0.165 e. The molecule has 0 aromatic carbocycles. The van der Waals surface area contributed by atoms with Crippen LogP contribution in [0, 0.1) is 0 Å². The van der Waals surface area contributed by atoms with E-state index in [0.717, 1.165) is 6.20 Å². The van der Waals surface area contributed by atoms with Crippen LogP contribution in [0.2, 0.25) is 0 Å². The van der Waals surface area contributed by atoms with Gasteiger partial charge in [-0.3, -0.25) is 0 Å². The van der Waals surface area contributed by atoms with Gasteiger partial charge in [0.1, 0.15) is 5.04 Å². The van der Waals surface area contributed by atoms with Crippen molar-refractivity contribution >= 4 is 25.7 Å². The minimum Gasteiger partial charge on any atom is -0.870 e. The third-order valence-corrected chi connectivity index (χ3v) is 1.71. The highest BCUT2D eigenvalue weighted by atomic mass is 35.7. The summed E-state index contributed by atoms with van der Waals surface area (Å²) in [5, 5.41) is 10.2. The molecular formula is C3HClNO2S-. The summed E-state index contributed by atoms with van der Waals surface area (Å²) >= 11 is 0. The second-order valence-corrected chi connectivity index (χ2v) is 2.83. The quantitative estimate of drug-likeness (QED) is 0.438. The van der Waals surface area contributed by atoms with Gasteiger partial charge in [-0.15, -0.1) is 0 Å². The Labute approximate surface area is 52.6 Å². The van der Waals surface area contributed by atoms with Gasteiger partial charge >= 0.3 is 0 Å². The van der Waals surface area contributed by atoms with E-state index in [1.54, 1.807) is 0 Å². The molecular weight excluding hydrogens is 150 g/mol. The molecule has 1 heterocycles. The van der Waals surface area contributed by atoms with Crippen molar-refractivity contribution in [3.63, 3.8) is 0 Å². The summed E-state index contributed by atoms with van der Waals surface area (Å²) < 4.78 is 10.1. The van der Waals surface area contributed by atoms with Gasteiger partial charge < -0.3 is 5.11 Å². The second-order valence-electron chi connectivity index (χ2n) is 1.15. The minimum absolute atomic E-state index is 0.0494. The van der Waals surface area contributed by atoms with Crippen molar-refractivity contribution in [3.05, 3.63) is 12.0 Å². The molecule has 0 aliphatic carbocycles. The molecule has 44 valence electrons. The molecule has 0 aromatic rings. The van der Waals surface area contributed by atoms with Crippen LogP contribution in [0.4, 0.5) is 0 Å². The molecule has 0 bridgehead atoms. The first-order valence-electron chi connectivity index (χ1n) is 1.75. The number of hydrogen-bond acceptors (Lipinski definition) is 3. The molecule has 5 heteroatoms. The lowest BCUT2D eigenvalue weighted by atomic mass is 10.5. The van der Waals surface area contributed by atoms with Crippen molar-refractivity contribution in [2.75, 3.05) is 0 Å². The highest BCUT2D eigenvalue weighted by molar-refractivity contribution is 8.21. The lowest BCUT2D eigenvalue weighted by Crippen LogP contribution is -2.22. The van der Waals surface area contributed by atoms with Crippen LogP contribution in [0.15, 0.2) is 17.0 Å². The normalized spacial score (nSPS) is 20.6. The lowest BCUT2D eigenvalue weighted by molar-refractivity contribution is -0.291. The average molecular weight is 151 g/mol. The zero-order valence-electron chi connectivity index (χ0n) is 3.63. The summed E-state index contributed by atoms with van der Waals surface area (Å²) in [5.41, 5.74) is 0. The average Bonchev–Trinajstić information content (AvgIpc) is 1.61. The van der Waals surface area contributed by atoms with Gasteiger partial charge in [-0.1, -0.05) is 5.76 Å². The predicted octanol–water partition coefficient (Wildman–Crippen LogP) is -0.497. The maximum atomic E-state index is 10.2. The monoisotopic (exact) mass is 150 g/mol. The Morgan fingerprint density at radius 3 is 2.50 bits per heavy atom. The van der Waals surface area contributed by atoms with E-state index in [-0.39, 0.29) is 10.8 Å². The van der Waals surface area contributed by atoms with E-state index in [1.165, 1.54) is 0 Å². The van der Waals surface area contributed by atoms with Crippen LogP contribution in [0.25, 0.3) is 0 Å². The van der Waals surface area contributed by atoms with Crippen LogP contribution < -0.4 is 5.11 Å². The molecule has 1 aliphatic heterocycles. The predicted molar refractivity (Wildman–Crippen MR) is 29.5 cm³/mol. The first kappa shape index (κ1) is 5.78. The Bertz CT molecular complexity index is 191. The minimum atomic E-state index is -1.71. The highest BCUT2D eigenvalue weighted by Gasteiger charge is 2.09. The van der Waals surface area contributed by atoms with E-state index in [2.05, 4.69) is 4.99 Å². The van der Waals surface area contributed by atoms with E-state index in [9.17, 15) is 9.32 Å². The van der Waals surface area contributed by atoms with Gasteiger partial charge in [0, 0.05) is 6.20 Å². The highest BCUT2D eigenvalue weighted by Crippen LogP contribution is 2.08. The Morgan fingerprint density at radius 2 is 2.50 bits per heavy atom. The van der Waals surface area contributed by atoms with Gasteiger partial charge in [0.2, 0.25) is 0 Å². The van der Waals surface area contributed by atoms with E-state index in [0.29, 0.717) is 0 Å². The third-order valence-electron chi connectivity index (χ3n) is 0.662. The maximum absolute atomic E-state index is 10.2. The van der Waals surface area contributed by atoms with Gasteiger partial charge in [0.25, 0.3) is 0 Å². The molecule has 8 heavy (non-hydrogen) atoms. The Kier molecular flexibility index (Phi) is 1.35. The smallest absolute Gasteiger partial charge is 0.165 e. The summed E-state index contributed by atoms with van der Waals surface area (Å²) in [6.07, 6.45) is 1.08. The molecule has 3 nitrogen and oxygen atoms in total. The molecule has 1 unspecified atom stereocenters. The van der Waals surface area contributed by atoms with Crippen LogP contribution in [0.5, 0.6) is 0 Å². The molecule has 1 aliphatic rings. The number of nitrogens with zero attached hydrogens (tertiary/aromatic N) is 1. The Hall–Kier alpha value is -0.350. The molecule has 1 atom stereocenters. The van der Waals surface area contributed by atoms with Crippen LogP contribution >= 0.6 is 10.7 Å². The van der Waals surface area contributed by atoms with Crippen molar-refractivity contribution in [2.45, 2.75) is 0 Å². The fourth-order valence-corrected chi connectivity index (χ4v) is 0.985. The standard InChI is InChI=1S/C3H2ClNO2S/c4-8(7)3-2(6)1-5-3/h1,6H/p-1. The second kappa shape index (κ2) is 1.87. The number of halogens is 1. The van der Waals surface area contributed by atoms with Crippen LogP contribution in [0.3, 0.4) is 0 Å². The van der Waals surface area contributed by atoms with Crippen molar-refractivity contribution in [2.24, 2.45) is 4.99 Å². The molecule has 0 saturated heterocycles. The first-order valence-corrected chi connectivity index (χ1v) is 3.73. The summed E-state index contributed by atoms with van der Waals surface area (Å²) in [6, 6.07) is 0. The molecule has 0 fully saturated rings. The first-order chi connectivity index (χ1) is 3.72. The topological polar surface area (TPSA) is 52.5 Å². The lowest BCUT2D eigenvalue weighted by Gasteiger charge is -2.15. The molecule has 0 amide bonds. The summed E-state index contributed by atoms with van der Waals surface area (Å²) in [4.78, 5) is 3.36. The molecule has 0 N–H and O–H groups in total. The number of hydrogen-bond donors (Lipinski definition) is 0. The largest absolute Gasteiger partial charge is 0.870 e. The van der Waals surface area contributed by atoms with Crippen LogP contribution in [-0.2, 0) is 10.0 Å². The Morgan fingerprint density at radius 1 is 1.88 bits per heavy atom. The van der Waals surface area contributed by atoms with Crippen LogP contribution in [0.1, 0.15) is 0 Å². The van der Waals surface area contributed by atoms with E-state index in [1.807, 2.05) is 0 Å².